The molecule has 1 aliphatic carbocycles. The van der Waals surface area contributed by atoms with E-state index in [0.29, 0.717) is 31.0 Å². The van der Waals surface area contributed by atoms with Gasteiger partial charge in [-0.3, -0.25) is 9.59 Å². The number of carbonyl (C=O) groups excluding carboxylic acids is 2. The average molecular weight is 308 g/mol. The number of oxime groups is 1. The van der Waals surface area contributed by atoms with Gasteiger partial charge in [0, 0.05) is 25.2 Å². The molecular weight excluding hydrogens is 280 g/mol. The van der Waals surface area contributed by atoms with E-state index in [1.54, 1.807) is 0 Å². The molecule has 0 radical (unpaired) electrons. The summed E-state index contributed by atoms with van der Waals surface area (Å²) >= 11 is 0. The van der Waals surface area contributed by atoms with Crippen molar-refractivity contribution in [1.29, 1.82) is 0 Å². The van der Waals surface area contributed by atoms with Crippen LogP contribution < -0.4 is 0 Å². The zero-order valence-electron chi connectivity index (χ0n) is 13.8. The Morgan fingerprint density at radius 2 is 1.91 bits per heavy atom. The number of ketones is 2. The largest absolute Gasteiger partial charge is 0.411 e. The molecule has 0 aromatic heterocycles. The van der Waals surface area contributed by atoms with E-state index in [4.69, 9.17) is 0 Å². The van der Waals surface area contributed by atoms with Crippen LogP contribution in [0.4, 0.5) is 0 Å². The first kappa shape index (κ1) is 17.1. The van der Waals surface area contributed by atoms with Gasteiger partial charge >= 0.3 is 0 Å². The third kappa shape index (κ3) is 4.38. The van der Waals surface area contributed by atoms with E-state index in [0.717, 1.165) is 38.8 Å². The maximum absolute atomic E-state index is 12.4. The lowest BCUT2D eigenvalue weighted by atomic mass is 9.70. The van der Waals surface area contributed by atoms with Gasteiger partial charge in [-0.2, -0.15) is 0 Å². The van der Waals surface area contributed by atoms with Crippen molar-refractivity contribution in [2.45, 2.75) is 51.9 Å². The van der Waals surface area contributed by atoms with Crippen LogP contribution in [0, 0.1) is 17.8 Å². The van der Waals surface area contributed by atoms with Crippen LogP contribution >= 0.6 is 0 Å². The van der Waals surface area contributed by atoms with Crippen LogP contribution in [0.5, 0.6) is 0 Å². The number of fused-ring (bicyclic) bond motifs is 1. The third-order valence-electron chi connectivity index (χ3n) is 5.13. The van der Waals surface area contributed by atoms with E-state index in [1.165, 1.54) is 0 Å². The standard InChI is InChI=1S/C17H28N2O3/c1-12-9-13-11-15(18-22)16(20)6-4-8-19(2)7-3-5-14(13)17(21)10-12/h12-14,22H,3-11H2,1-2H3/b18-15+/t12-,13+,14-/m1/s1. The van der Waals surface area contributed by atoms with E-state index in [1.807, 2.05) is 0 Å². The molecule has 0 amide bonds. The lowest BCUT2D eigenvalue weighted by Crippen LogP contribution is -2.36. The summed E-state index contributed by atoms with van der Waals surface area (Å²) in [5.74, 6) is 0.790. The van der Waals surface area contributed by atoms with E-state index >= 15 is 0 Å². The molecule has 0 bridgehead atoms. The smallest absolute Gasteiger partial charge is 0.180 e. The van der Waals surface area contributed by atoms with Crippen LogP contribution in [-0.4, -0.2) is 47.5 Å². The molecule has 2 aliphatic rings. The highest BCUT2D eigenvalue weighted by Gasteiger charge is 2.36. The number of Topliss-reactive ketones (excluding diaryl/α,β-unsaturated/α-hetero) is 2. The highest BCUT2D eigenvalue weighted by atomic mass is 16.4. The summed E-state index contributed by atoms with van der Waals surface area (Å²) in [6.45, 7) is 3.93. The second kappa shape index (κ2) is 7.86. The Hall–Kier alpha value is -1.23. The molecule has 5 heteroatoms. The van der Waals surface area contributed by atoms with Gasteiger partial charge in [-0.1, -0.05) is 12.1 Å². The van der Waals surface area contributed by atoms with Crippen molar-refractivity contribution in [3.63, 3.8) is 0 Å². The summed E-state index contributed by atoms with van der Waals surface area (Å²) in [4.78, 5) is 26.8. The van der Waals surface area contributed by atoms with E-state index in [2.05, 4.69) is 24.0 Å². The Balaban J connectivity index is 2.17. The summed E-state index contributed by atoms with van der Waals surface area (Å²) in [5.41, 5.74) is 0.264. The van der Waals surface area contributed by atoms with Crippen molar-refractivity contribution in [2.24, 2.45) is 22.9 Å². The molecule has 0 unspecified atom stereocenters. The van der Waals surface area contributed by atoms with E-state index < -0.39 is 0 Å². The quantitative estimate of drug-likeness (QED) is 0.551. The van der Waals surface area contributed by atoms with Gasteiger partial charge in [0.2, 0.25) is 0 Å². The van der Waals surface area contributed by atoms with Gasteiger partial charge < -0.3 is 10.1 Å². The molecule has 5 nitrogen and oxygen atoms in total. The van der Waals surface area contributed by atoms with Crippen LogP contribution in [0.3, 0.4) is 0 Å². The fourth-order valence-electron chi connectivity index (χ4n) is 3.95. The minimum absolute atomic E-state index is 0.0218. The Kier molecular flexibility index (Phi) is 6.12. The number of hydrogen-bond acceptors (Lipinski definition) is 5. The molecule has 124 valence electrons. The van der Waals surface area contributed by atoms with Gasteiger partial charge in [0.15, 0.2) is 5.78 Å². The first-order chi connectivity index (χ1) is 10.5. The maximum Gasteiger partial charge on any atom is 0.180 e. The molecule has 22 heavy (non-hydrogen) atoms. The molecule has 2 rings (SSSR count). The molecule has 1 heterocycles. The number of hydrogen-bond donors (Lipinski definition) is 1. The van der Waals surface area contributed by atoms with Gasteiger partial charge in [-0.15, -0.1) is 0 Å². The van der Waals surface area contributed by atoms with Crippen molar-refractivity contribution in [3.05, 3.63) is 0 Å². The monoisotopic (exact) mass is 308 g/mol. The van der Waals surface area contributed by atoms with Crippen LogP contribution in [0.2, 0.25) is 0 Å². The average Bonchev–Trinajstić information content (AvgIpc) is 2.45. The molecule has 3 atom stereocenters. The fourth-order valence-corrected chi connectivity index (χ4v) is 3.95. The zero-order chi connectivity index (χ0) is 16.1. The van der Waals surface area contributed by atoms with Crippen molar-refractivity contribution >= 4 is 17.3 Å². The van der Waals surface area contributed by atoms with Crippen molar-refractivity contribution in [3.8, 4) is 0 Å². The highest BCUT2D eigenvalue weighted by molar-refractivity contribution is 6.39. The van der Waals surface area contributed by atoms with E-state index in [9.17, 15) is 14.8 Å². The fraction of sp³-hybridized carbons (Fsp3) is 0.824. The van der Waals surface area contributed by atoms with Gasteiger partial charge in [0.05, 0.1) is 0 Å². The molecule has 0 aromatic rings. The molecule has 1 saturated heterocycles. The van der Waals surface area contributed by atoms with Gasteiger partial charge in [-0.05, 0) is 57.7 Å². The Bertz CT molecular complexity index is 447. The van der Waals surface area contributed by atoms with Crippen molar-refractivity contribution in [1.82, 2.24) is 4.90 Å². The second-order valence-electron chi connectivity index (χ2n) is 7.10. The molecule has 2 fully saturated rings. The van der Waals surface area contributed by atoms with Crippen molar-refractivity contribution in [2.75, 3.05) is 20.1 Å². The Morgan fingerprint density at radius 1 is 1.18 bits per heavy atom. The predicted octanol–water partition coefficient (Wildman–Crippen LogP) is 2.51. The van der Waals surface area contributed by atoms with Crippen LogP contribution in [0.1, 0.15) is 51.9 Å². The molecule has 1 aliphatic heterocycles. The first-order valence-electron chi connectivity index (χ1n) is 8.46. The summed E-state index contributed by atoms with van der Waals surface area (Å²) in [6, 6.07) is 0. The molecule has 0 spiro atoms. The molecule has 1 saturated carbocycles. The van der Waals surface area contributed by atoms with Crippen molar-refractivity contribution < 1.29 is 14.8 Å². The SMILES string of the molecule is C[C@H]1CC(=O)[C@@H]2CCCN(C)CCCC(=O)/C(=N/O)C[C@@H]2C1. The third-order valence-corrected chi connectivity index (χ3v) is 5.13. The van der Waals surface area contributed by atoms with E-state index in [-0.39, 0.29) is 23.3 Å². The number of nitrogens with zero attached hydrogens (tertiary/aromatic N) is 2. The highest BCUT2D eigenvalue weighted by Crippen LogP contribution is 2.36. The second-order valence-corrected chi connectivity index (χ2v) is 7.10. The zero-order valence-corrected chi connectivity index (χ0v) is 13.8. The summed E-state index contributed by atoms with van der Waals surface area (Å²) in [7, 11) is 2.06. The minimum Gasteiger partial charge on any atom is -0.411 e. The normalized spacial score (nSPS) is 34.8. The van der Waals surface area contributed by atoms with Gasteiger partial charge in [0.25, 0.3) is 0 Å². The van der Waals surface area contributed by atoms with Crippen LogP contribution in [-0.2, 0) is 9.59 Å². The maximum atomic E-state index is 12.4. The molecule has 0 aromatic carbocycles. The van der Waals surface area contributed by atoms with Crippen LogP contribution in [0.25, 0.3) is 0 Å². The molecule has 1 N–H and O–H groups in total. The Labute approximate surface area is 132 Å². The lowest BCUT2D eigenvalue weighted by Gasteiger charge is -2.34. The number of rotatable bonds is 0. The first-order valence-corrected chi connectivity index (χ1v) is 8.46. The predicted molar refractivity (Wildman–Crippen MR) is 85.2 cm³/mol. The van der Waals surface area contributed by atoms with Crippen LogP contribution in [0.15, 0.2) is 5.16 Å². The van der Waals surface area contributed by atoms with Gasteiger partial charge in [-0.25, -0.2) is 0 Å². The number of carbonyl (C=O) groups is 2. The molecular formula is C17H28N2O3. The summed E-state index contributed by atoms with van der Waals surface area (Å²) < 4.78 is 0. The topological polar surface area (TPSA) is 70.0 Å². The van der Waals surface area contributed by atoms with Gasteiger partial charge in [0.1, 0.15) is 11.5 Å². The summed E-state index contributed by atoms with van der Waals surface area (Å²) in [6.07, 6.45) is 5.15. The summed E-state index contributed by atoms with van der Waals surface area (Å²) in [5, 5.41) is 12.5. The minimum atomic E-state index is -0.0686. The lowest BCUT2D eigenvalue weighted by molar-refractivity contribution is -0.128. The Morgan fingerprint density at radius 3 is 2.64 bits per heavy atom.